The van der Waals surface area contributed by atoms with Crippen LogP contribution < -0.4 is 15.0 Å². The van der Waals surface area contributed by atoms with Crippen LogP contribution in [0.4, 0.5) is 11.4 Å². The number of rotatable bonds is 6. The van der Waals surface area contributed by atoms with E-state index in [9.17, 15) is 0 Å². The first-order valence-corrected chi connectivity index (χ1v) is 7.34. The number of anilines is 2. The van der Waals surface area contributed by atoms with Gasteiger partial charge in [0.2, 0.25) is 0 Å². The third kappa shape index (κ3) is 3.56. The lowest BCUT2D eigenvalue weighted by molar-refractivity contribution is 0.415. The first-order valence-electron chi connectivity index (χ1n) is 7.34. The molecule has 1 N–H and O–H groups in total. The van der Waals surface area contributed by atoms with Crippen LogP contribution in [-0.4, -0.2) is 21.2 Å². The van der Waals surface area contributed by atoms with Gasteiger partial charge in [-0.25, -0.2) is 0 Å². The van der Waals surface area contributed by atoms with E-state index in [1.54, 1.807) is 7.11 Å². The van der Waals surface area contributed by atoms with E-state index >= 15 is 0 Å². The Hall–Kier alpha value is -2.00. The fraction of sp³-hybridized carbons (Fsp3) is 0.333. The number of nitrogens with zero attached hydrogens (tertiary/aromatic N) is 1. The Morgan fingerprint density at radius 3 is 1.95 bits per heavy atom. The summed E-state index contributed by atoms with van der Waals surface area (Å²) in [6.07, 6.45) is 1.09. The Labute approximate surface area is 127 Å². The van der Waals surface area contributed by atoms with Crippen LogP contribution in [0.2, 0.25) is 0 Å². The molecular weight excluding hydrogens is 260 g/mol. The van der Waals surface area contributed by atoms with Crippen LogP contribution in [0.15, 0.2) is 48.5 Å². The average Bonchev–Trinajstić information content (AvgIpc) is 2.56. The molecule has 2 aromatic rings. The maximum Gasteiger partial charge on any atom is 0.119 e. The number of hydrogen-bond acceptors (Lipinski definition) is 3. The summed E-state index contributed by atoms with van der Waals surface area (Å²) in [7, 11) is 5.76. The molecule has 2 rings (SSSR count). The van der Waals surface area contributed by atoms with Gasteiger partial charge in [-0.15, -0.1) is 0 Å². The maximum atomic E-state index is 5.20. The van der Waals surface area contributed by atoms with Crippen molar-refractivity contribution in [3.05, 3.63) is 54.1 Å². The molecule has 1 atom stereocenters. The standard InChI is InChI=1S/C18H24N2O/c1-5-18(19-2)14-6-8-15(9-7-14)20(3)16-10-12-17(21-4)13-11-16/h6-13,18-19H,5H2,1-4H3. The Morgan fingerprint density at radius 1 is 1.00 bits per heavy atom. The number of hydrogen-bond donors (Lipinski definition) is 1. The smallest absolute Gasteiger partial charge is 0.119 e. The zero-order valence-corrected chi connectivity index (χ0v) is 13.3. The van der Waals surface area contributed by atoms with Crippen LogP contribution >= 0.6 is 0 Å². The van der Waals surface area contributed by atoms with Crippen molar-refractivity contribution in [1.82, 2.24) is 5.32 Å². The van der Waals surface area contributed by atoms with Gasteiger partial charge in [0.25, 0.3) is 0 Å². The van der Waals surface area contributed by atoms with Gasteiger partial charge < -0.3 is 15.0 Å². The summed E-state index contributed by atoms with van der Waals surface area (Å²) in [4.78, 5) is 2.17. The summed E-state index contributed by atoms with van der Waals surface area (Å²) in [5, 5.41) is 3.33. The second-order valence-electron chi connectivity index (χ2n) is 5.10. The largest absolute Gasteiger partial charge is 0.497 e. The van der Waals surface area contributed by atoms with E-state index in [4.69, 9.17) is 4.74 Å². The molecule has 0 aromatic heterocycles. The van der Waals surface area contributed by atoms with Gasteiger partial charge in [-0.3, -0.25) is 0 Å². The monoisotopic (exact) mass is 284 g/mol. The van der Waals surface area contributed by atoms with Crippen LogP contribution in [0.3, 0.4) is 0 Å². The molecule has 21 heavy (non-hydrogen) atoms. The van der Waals surface area contributed by atoms with Crippen LogP contribution in [0.5, 0.6) is 5.75 Å². The van der Waals surface area contributed by atoms with Crippen LogP contribution in [0, 0.1) is 0 Å². The molecule has 1 unspecified atom stereocenters. The Kier molecular flexibility index (Phi) is 5.23. The van der Waals surface area contributed by atoms with Gasteiger partial charge in [-0.1, -0.05) is 19.1 Å². The van der Waals surface area contributed by atoms with E-state index in [-0.39, 0.29) is 0 Å². The van der Waals surface area contributed by atoms with Crippen LogP contribution in [0.1, 0.15) is 24.9 Å². The molecule has 112 valence electrons. The molecule has 0 saturated heterocycles. The van der Waals surface area contributed by atoms with Crippen molar-refractivity contribution in [2.45, 2.75) is 19.4 Å². The SMILES string of the molecule is CCC(NC)c1ccc(N(C)c2ccc(OC)cc2)cc1. The molecule has 0 radical (unpaired) electrons. The summed E-state index contributed by atoms with van der Waals surface area (Å²) in [6, 6.07) is 17.2. The van der Waals surface area contributed by atoms with Crippen molar-refractivity contribution < 1.29 is 4.74 Å². The van der Waals surface area contributed by atoms with Crippen molar-refractivity contribution >= 4 is 11.4 Å². The molecular formula is C18H24N2O. The molecule has 0 amide bonds. The average molecular weight is 284 g/mol. The fourth-order valence-corrected chi connectivity index (χ4v) is 2.49. The molecule has 3 heteroatoms. The highest BCUT2D eigenvalue weighted by Crippen LogP contribution is 2.27. The molecule has 0 aliphatic heterocycles. The highest BCUT2D eigenvalue weighted by molar-refractivity contribution is 5.63. The highest BCUT2D eigenvalue weighted by Gasteiger charge is 2.08. The highest BCUT2D eigenvalue weighted by atomic mass is 16.5. The minimum absolute atomic E-state index is 0.422. The van der Waals surface area contributed by atoms with Gasteiger partial charge >= 0.3 is 0 Å². The molecule has 0 saturated carbocycles. The molecule has 0 heterocycles. The molecule has 0 aliphatic rings. The van der Waals surface area contributed by atoms with Gasteiger partial charge in [0, 0.05) is 24.5 Å². The normalized spacial score (nSPS) is 12.0. The number of ether oxygens (including phenoxy) is 1. The van der Waals surface area contributed by atoms with Gasteiger partial charge in [0.05, 0.1) is 7.11 Å². The van der Waals surface area contributed by atoms with E-state index in [1.165, 1.54) is 11.3 Å². The van der Waals surface area contributed by atoms with Crippen LogP contribution in [-0.2, 0) is 0 Å². The third-order valence-corrected chi connectivity index (χ3v) is 3.90. The Bertz CT molecular complexity index is 544. The Morgan fingerprint density at radius 2 is 1.52 bits per heavy atom. The molecule has 0 spiro atoms. The Balaban J connectivity index is 2.16. The summed E-state index contributed by atoms with van der Waals surface area (Å²) >= 11 is 0. The lowest BCUT2D eigenvalue weighted by atomic mass is 10.0. The van der Waals surface area contributed by atoms with Crippen molar-refractivity contribution in [2.24, 2.45) is 0 Å². The molecule has 0 aliphatic carbocycles. The molecule has 0 fully saturated rings. The van der Waals surface area contributed by atoms with Crippen molar-refractivity contribution in [1.29, 1.82) is 0 Å². The van der Waals surface area contributed by atoms with E-state index in [1.807, 2.05) is 19.2 Å². The van der Waals surface area contributed by atoms with Gasteiger partial charge in [0.15, 0.2) is 0 Å². The lowest BCUT2D eigenvalue weighted by Crippen LogP contribution is -2.15. The quantitative estimate of drug-likeness (QED) is 0.863. The maximum absolute atomic E-state index is 5.20. The minimum Gasteiger partial charge on any atom is -0.497 e. The van der Waals surface area contributed by atoms with Gasteiger partial charge in [0.1, 0.15) is 5.75 Å². The van der Waals surface area contributed by atoms with Crippen LogP contribution in [0.25, 0.3) is 0 Å². The predicted octanol–water partition coefficient (Wildman–Crippen LogP) is 4.13. The zero-order chi connectivity index (χ0) is 15.2. The summed E-state index contributed by atoms with van der Waals surface area (Å²) in [5.41, 5.74) is 3.64. The summed E-state index contributed by atoms with van der Waals surface area (Å²) < 4.78 is 5.20. The second kappa shape index (κ2) is 7.14. The summed E-state index contributed by atoms with van der Waals surface area (Å²) in [5.74, 6) is 0.877. The molecule has 0 bridgehead atoms. The van der Waals surface area contributed by atoms with Crippen molar-refractivity contribution in [2.75, 3.05) is 26.1 Å². The van der Waals surface area contributed by atoms with Crippen molar-refractivity contribution in [3.63, 3.8) is 0 Å². The predicted molar refractivity (Wildman–Crippen MR) is 89.6 cm³/mol. The zero-order valence-electron chi connectivity index (χ0n) is 13.3. The lowest BCUT2D eigenvalue weighted by Gasteiger charge is -2.21. The van der Waals surface area contributed by atoms with Gasteiger partial charge in [-0.05, 0) is 55.4 Å². The second-order valence-corrected chi connectivity index (χ2v) is 5.10. The minimum atomic E-state index is 0.422. The molecule has 2 aromatic carbocycles. The molecule has 3 nitrogen and oxygen atoms in total. The number of methoxy groups -OCH3 is 1. The topological polar surface area (TPSA) is 24.5 Å². The first kappa shape index (κ1) is 15.4. The van der Waals surface area contributed by atoms with E-state index in [0.717, 1.165) is 17.9 Å². The fourth-order valence-electron chi connectivity index (χ4n) is 2.49. The van der Waals surface area contributed by atoms with E-state index in [2.05, 4.69) is 60.6 Å². The number of benzene rings is 2. The van der Waals surface area contributed by atoms with E-state index < -0.39 is 0 Å². The summed E-state index contributed by atoms with van der Waals surface area (Å²) in [6.45, 7) is 2.19. The van der Waals surface area contributed by atoms with E-state index in [0.29, 0.717) is 6.04 Å². The van der Waals surface area contributed by atoms with Crippen molar-refractivity contribution in [3.8, 4) is 5.75 Å². The number of nitrogens with one attached hydrogen (secondary N) is 1. The third-order valence-electron chi connectivity index (χ3n) is 3.90. The first-order chi connectivity index (χ1) is 10.2. The van der Waals surface area contributed by atoms with Gasteiger partial charge in [-0.2, -0.15) is 0 Å².